The lowest BCUT2D eigenvalue weighted by Crippen LogP contribution is -2.01. The third-order valence-corrected chi connectivity index (χ3v) is 5.40. The second kappa shape index (κ2) is 10.4. The number of hydrogen-bond donors (Lipinski definition) is 0. The maximum Gasteiger partial charge on any atom is 0.318 e. The molecule has 0 aliphatic heterocycles. The first-order chi connectivity index (χ1) is 15.7. The monoisotopic (exact) mass is 561 g/mol. The molecule has 0 bridgehead atoms. The molecule has 0 amide bonds. The van der Waals surface area contributed by atoms with Gasteiger partial charge in [-0.1, -0.05) is 17.7 Å². The number of non-ortho nitro benzene ring substituents is 1. The van der Waals surface area contributed by atoms with Crippen LogP contribution in [-0.4, -0.2) is 22.7 Å². The Bertz CT molecular complexity index is 1260. The summed E-state index contributed by atoms with van der Waals surface area (Å²) in [5, 5.41) is 22.4. The smallest absolute Gasteiger partial charge is 0.318 e. The summed E-state index contributed by atoms with van der Waals surface area (Å²) in [5.74, 6) is 0.526. The van der Waals surface area contributed by atoms with Gasteiger partial charge in [0, 0.05) is 12.3 Å². The quantitative estimate of drug-likeness (QED) is 0.131. The standard InChI is InChI=1S/C23H20IN3O6/c1-4-32-22-11-16(13-25-19-7-5-14(2)9-15(19)3)10-18(24)23(22)33-21-8-6-17(26(28)29)12-20(21)27(30)31/h5-13H,4H2,1-3H3. The van der Waals surface area contributed by atoms with Gasteiger partial charge in [-0.3, -0.25) is 25.2 Å². The summed E-state index contributed by atoms with van der Waals surface area (Å²) >= 11 is 2.05. The Kier molecular flexibility index (Phi) is 7.59. The number of aryl methyl sites for hydroxylation is 2. The van der Waals surface area contributed by atoms with E-state index in [1.165, 1.54) is 6.07 Å². The summed E-state index contributed by atoms with van der Waals surface area (Å²) in [6, 6.07) is 12.7. The van der Waals surface area contributed by atoms with Crippen molar-refractivity contribution in [2.24, 2.45) is 4.99 Å². The van der Waals surface area contributed by atoms with Crippen LogP contribution >= 0.6 is 22.6 Å². The molecule has 0 aliphatic carbocycles. The Morgan fingerprint density at radius 2 is 1.76 bits per heavy atom. The average Bonchev–Trinajstić information content (AvgIpc) is 2.75. The van der Waals surface area contributed by atoms with E-state index in [2.05, 4.69) is 11.1 Å². The van der Waals surface area contributed by atoms with Gasteiger partial charge in [0.1, 0.15) is 0 Å². The molecule has 0 fully saturated rings. The predicted molar refractivity (Wildman–Crippen MR) is 133 cm³/mol. The van der Waals surface area contributed by atoms with Crippen molar-refractivity contribution in [1.82, 2.24) is 0 Å². The molecule has 3 aromatic carbocycles. The Hall–Kier alpha value is -3.54. The van der Waals surface area contributed by atoms with E-state index in [0.717, 1.165) is 34.5 Å². The zero-order valence-corrected chi connectivity index (χ0v) is 20.2. The number of hydrogen-bond acceptors (Lipinski definition) is 7. The van der Waals surface area contributed by atoms with Crippen molar-refractivity contribution in [3.8, 4) is 17.2 Å². The van der Waals surface area contributed by atoms with Crippen molar-refractivity contribution in [2.45, 2.75) is 20.8 Å². The molecule has 0 unspecified atom stereocenters. The van der Waals surface area contributed by atoms with Crippen LogP contribution in [0.15, 0.2) is 53.5 Å². The number of nitrogens with zero attached hydrogens (tertiary/aromatic N) is 3. The fraction of sp³-hybridized carbons (Fsp3) is 0.174. The van der Waals surface area contributed by atoms with Crippen LogP contribution < -0.4 is 9.47 Å². The number of ether oxygens (including phenoxy) is 2. The highest BCUT2D eigenvalue weighted by atomic mass is 127. The summed E-state index contributed by atoms with van der Waals surface area (Å²) in [6.45, 7) is 6.15. The van der Waals surface area contributed by atoms with Crippen molar-refractivity contribution in [3.05, 3.63) is 89.0 Å². The highest BCUT2D eigenvalue weighted by molar-refractivity contribution is 14.1. The molecule has 33 heavy (non-hydrogen) atoms. The molecule has 10 heteroatoms. The SMILES string of the molecule is CCOc1cc(C=Nc2ccc(C)cc2C)cc(I)c1Oc1ccc([N+](=O)[O-])cc1[N+](=O)[O-]. The molecule has 0 N–H and O–H groups in total. The molecular formula is C23H20IN3O6. The molecule has 3 rings (SSSR count). The van der Waals surface area contributed by atoms with Crippen LogP contribution in [0.4, 0.5) is 17.1 Å². The molecule has 0 saturated carbocycles. The fourth-order valence-electron chi connectivity index (χ4n) is 3.08. The van der Waals surface area contributed by atoms with Crippen LogP contribution in [-0.2, 0) is 0 Å². The van der Waals surface area contributed by atoms with E-state index in [1.807, 2.05) is 54.6 Å². The van der Waals surface area contributed by atoms with Crippen LogP contribution in [0.1, 0.15) is 23.6 Å². The van der Waals surface area contributed by atoms with Gasteiger partial charge in [0.05, 0.1) is 31.8 Å². The van der Waals surface area contributed by atoms with E-state index >= 15 is 0 Å². The van der Waals surface area contributed by atoms with Gasteiger partial charge in [-0.15, -0.1) is 0 Å². The number of nitro benzene ring substituents is 2. The highest BCUT2D eigenvalue weighted by Gasteiger charge is 2.23. The minimum absolute atomic E-state index is 0.124. The first-order valence-electron chi connectivity index (χ1n) is 9.88. The van der Waals surface area contributed by atoms with Crippen LogP contribution in [0.25, 0.3) is 0 Å². The van der Waals surface area contributed by atoms with Crippen LogP contribution in [0.3, 0.4) is 0 Å². The number of halogens is 1. The second-order valence-electron chi connectivity index (χ2n) is 7.08. The largest absolute Gasteiger partial charge is 0.490 e. The summed E-state index contributed by atoms with van der Waals surface area (Å²) in [7, 11) is 0. The third kappa shape index (κ3) is 5.83. The van der Waals surface area contributed by atoms with Gasteiger partial charge in [-0.05, 0) is 78.8 Å². The van der Waals surface area contributed by atoms with Crippen molar-refractivity contribution in [2.75, 3.05) is 6.61 Å². The molecule has 0 heterocycles. The summed E-state index contributed by atoms with van der Waals surface area (Å²) < 4.78 is 12.2. The van der Waals surface area contributed by atoms with Crippen molar-refractivity contribution < 1.29 is 19.3 Å². The zero-order valence-electron chi connectivity index (χ0n) is 18.1. The Labute approximate surface area is 203 Å². The Morgan fingerprint density at radius 3 is 2.39 bits per heavy atom. The fourth-order valence-corrected chi connectivity index (χ4v) is 3.81. The van der Waals surface area contributed by atoms with Crippen molar-refractivity contribution in [1.29, 1.82) is 0 Å². The minimum Gasteiger partial charge on any atom is -0.490 e. The number of aliphatic imine (C=N–C) groups is 1. The molecule has 0 aliphatic rings. The molecule has 0 aromatic heterocycles. The van der Waals surface area contributed by atoms with Crippen molar-refractivity contribution >= 4 is 45.9 Å². The minimum atomic E-state index is -0.722. The molecule has 170 valence electrons. The van der Waals surface area contributed by atoms with Gasteiger partial charge < -0.3 is 9.47 Å². The third-order valence-electron chi connectivity index (χ3n) is 4.60. The van der Waals surface area contributed by atoms with Gasteiger partial charge in [-0.2, -0.15) is 0 Å². The molecule has 0 saturated heterocycles. The molecule has 3 aromatic rings. The van der Waals surface area contributed by atoms with E-state index in [4.69, 9.17) is 9.47 Å². The maximum atomic E-state index is 11.5. The lowest BCUT2D eigenvalue weighted by molar-refractivity contribution is -0.394. The van der Waals surface area contributed by atoms with Crippen LogP contribution in [0.5, 0.6) is 17.2 Å². The molecule has 9 nitrogen and oxygen atoms in total. The summed E-state index contributed by atoms with van der Waals surface area (Å²) in [6.07, 6.45) is 1.71. The lowest BCUT2D eigenvalue weighted by Gasteiger charge is -2.14. The van der Waals surface area contributed by atoms with E-state index in [1.54, 1.807) is 19.2 Å². The topological polar surface area (TPSA) is 117 Å². The second-order valence-corrected chi connectivity index (χ2v) is 8.24. The maximum absolute atomic E-state index is 11.5. The highest BCUT2D eigenvalue weighted by Crippen LogP contribution is 2.41. The Balaban J connectivity index is 1.99. The van der Waals surface area contributed by atoms with E-state index < -0.39 is 21.2 Å². The van der Waals surface area contributed by atoms with Gasteiger partial charge in [0.25, 0.3) is 5.69 Å². The molecule has 0 radical (unpaired) electrons. The van der Waals surface area contributed by atoms with Crippen molar-refractivity contribution in [3.63, 3.8) is 0 Å². The van der Waals surface area contributed by atoms with E-state index in [0.29, 0.717) is 15.9 Å². The predicted octanol–water partition coefficient (Wildman–Crippen LogP) is 6.67. The number of benzene rings is 3. The lowest BCUT2D eigenvalue weighted by atomic mass is 10.1. The van der Waals surface area contributed by atoms with Gasteiger partial charge in [-0.25, -0.2) is 0 Å². The molecule has 0 spiro atoms. The summed E-state index contributed by atoms with van der Waals surface area (Å²) in [4.78, 5) is 25.6. The molecular weight excluding hydrogens is 541 g/mol. The van der Waals surface area contributed by atoms with Gasteiger partial charge in [0.15, 0.2) is 11.5 Å². The van der Waals surface area contributed by atoms with Gasteiger partial charge in [0.2, 0.25) is 5.75 Å². The molecule has 0 atom stereocenters. The van der Waals surface area contributed by atoms with E-state index in [9.17, 15) is 20.2 Å². The van der Waals surface area contributed by atoms with Gasteiger partial charge >= 0.3 is 5.69 Å². The first-order valence-corrected chi connectivity index (χ1v) is 11.0. The Morgan fingerprint density at radius 1 is 1.00 bits per heavy atom. The first kappa shape index (κ1) is 24.1. The average molecular weight is 561 g/mol. The van der Waals surface area contributed by atoms with Crippen LogP contribution in [0.2, 0.25) is 0 Å². The normalized spacial score (nSPS) is 10.9. The zero-order chi connectivity index (χ0) is 24.1. The van der Waals surface area contributed by atoms with E-state index in [-0.39, 0.29) is 11.5 Å². The number of nitro groups is 2. The van der Waals surface area contributed by atoms with Crippen LogP contribution in [0, 0.1) is 37.6 Å². The summed E-state index contributed by atoms with van der Waals surface area (Å²) in [5.41, 5.74) is 2.90. The number of rotatable bonds is 8.